The lowest BCUT2D eigenvalue weighted by atomic mass is 9.87. The van der Waals surface area contributed by atoms with Crippen LogP contribution in [-0.2, 0) is 6.42 Å². The van der Waals surface area contributed by atoms with Crippen molar-refractivity contribution >= 4 is 11.3 Å². The first-order valence-electron chi connectivity index (χ1n) is 6.91. The molecular formula is C16H10F6N2S. The first kappa shape index (κ1) is 19.1. The van der Waals surface area contributed by atoms with Gasteiger partial charge in [-0.3, -0.25) is 0 Å². The molecule has 0 radical (unpaired) electrons. The van der Waals surface area contributed by atoms with Crippen LogP contribution in [0.1, 0.15) is 15.3 Å². The number of nitrogens with zero attached hydrogens (tertiary/aromatic N) is 2. The van der Waals surface area contributed by atoms with Crippen molar-refractivity contribution in [2.75, 3.05) is 0 Å². The predicted molar refractivity (Wildman–Crippen MR) is 78.4 cm³/mol. The normalized spacial score (nSPS) is 16.4. The highest BCUT2D eigenvalue weighted by atomic mass is 32.1. The molecule has 0 saturated carbocycles. The first-order valence-corrected chi connectivity index (χ1v) is 7.72. The zero-order valence-electron chi connectivity index (χ0n) is 12.9. The quantitative estimate of drug-likeness (QED) is 0.658. The maximum absolute atomic E-state index is 13.4. The highest BCUT2D eigenvalue weighted by Gasteiger charge is 2.55. The second kappa shape index (κ2) is 6.23. The summed E-state index contributed by atoms with van der Waals surface area (Å²) in [5.74, 6) is -2.13. The van der Waals surface area contributed by atoms with E-state index in [1.54, 1.807) is 13.8 Å². The highest BCUT2D eigenvalue weighted by molar-refractivity contribution is 7.12. The molecule has 1 aromatic heterocycles. The molecule has 0 amide bonds. The standard InChI is InChI=1S/C16H10F6N2S/c1-7-3-9(8(2)25-7)4-10-13(15(17,18)19)11(5-23)12(6-24)14(10)16(20,21)22/h3,10H,4H2,1-2H3. The van der Waals surface area contributed by atoms with Gasteiger partial charge in [0.25, 0.3) is 0 Å². The summed E-state index contributed by atoms with van der Waals surface area (Å²) < 4.78 is 80.5. The van der Waals surface area contributed by atoms with E-state index >= 15 is 0 Å². The average Bonchev–Trinajstić information content (AvgIpc) is 2.94. The number of alkyl halides is 6. The molecule has 0 fully saturated rings. The van der Waals surface area contributed by atoms with E-state index in [0.29, 0.717) is 10.4 Å². The van der Waals surface area contributed by atoms with Crippen LogP contribution in [0.15, 0.2) is 28.4 Å². The van der Waals surface area contributed by atoms with Gasteiger partial charge in [0, 0.05) is 15.7 Å². The molecule has 0 atom stereocenters. The zero-order valence-corrected chi connectivity index (χ0v) is 13.7. The fourth-order valence-electron chi connectivity index (χ4n) is 2.98. The second-order valence-electron chi connectivity index (χ2n) is 5.49. The highest BCUT2D eigenvalue weighted by Crippen LogP contribution is 2.52. The summed E-state index contributed by atoms with van der Waals surface area (Å²) in [5.41, 5.74) is -5.33. The van der Waals surface area contributed by atoms with E-state index in [9.17, 15) is 26.3 Å². The minimum absolute atomic E-state index is 0.340. The molecular weight excluding hydrogens is 366 g/mol. The van der Waals surface area contributed by atoms with Gasteiger partial charge in [-0.05, 0) is 31.9 Å². The SMILES string of the molecule is Cc1cc(CC2C(C(F)(F)F)=C(C#N)C(C#N)=C2C(F)(F)F)c(C)s1. The summed E-state index contributed by atoms with van der Waals surface area (Å²) in [7, 11) is 0. The summed E-state index contributed by atoms with van der Waals surface area (Å²) in [5, 5.41) is 17.9. The lowest BCUT2D eigenvalue weighted by molar-refractivity contribution is -0.111. The van der Waals surface area contributed by atoms with Crippen LogP contribution in [0.5, 0.6) is 0 Å². The molecule has 0 spiro atoms. The van der Waals surface area contributed by atoms with E-state index in [1.807, 2.05) is 0 Å². The Kier molecular flexibility index (Phi) is 4.75. The van der Waals surface area contributed by atoms with Crippen molar-refractivity contribution in [3.05, 3.63) is 43.7 Å². The molecule has 0 saturated heterocycles. The molecule has 1 aromatic rings. The van der Waals surface area contributed by atoms with Crippen LogP contribution in [0.3, 0.4) is 0 Å². The van der Waals surface area contributed by atoms with Gasteiger partial charge in [-0.15, -0.1) is 11.3 Å². The van der Waals surface area contributed by atoms with Gasteiger partial charge in [0.15, 0.2) is 0 Å². The van der Waals surface area contributed by atoms with Crippen molar-refractivity contribution in [3.8, 4) is 12.1 Å². The summed E-state index contributed by atoms with van der Waals surface area (Å²) in [6, 6.07) is 3.81. The van der Waals surface area contributed by atoms with Crippen molar-refractivity contribution < 1.29 is 26.3 Å². The Balaban J connectivity index is 2.72. The summed E-state index contributed by atoms with van der Waals surface area (Å²) in [4.78, 5) is 1.35. The molecule has 1 heterocycles. The van der Waals surface area contributed by atoms with E-state index in [-0.39, 0.29) is 0 Å². The second-order valence-corrected chi connectivity index (χ2v) is 6.95. The molecule has 1 aliphatic carbocycles. The number of nitriles is 2. The van der Waals surface area contributed by atoms with Crippen molar-refractivity contribution in [3.63, 3.8) is 0 Å². The number of halogens is 6. The zero-order chi connectivity index (χ0) is 19.2. The summed E-state index contributed by atoms with van der Waals surface area (Å²) in [6.07, 6.45) is -10.9. The van der Waals surface area contributed by atoms with Gasteiger partial charge in [0.1, 0.15) is 12.1 Å². The number of aryl methyl sites for hydroxylation is 2. The number of hydrogen-bond donors (Lipinski definition) is 0. The fraction of sp³-hybridized carbons (Fsp3) is 0.375. The topological polar surface area (TPSA) is 47.6 Å². The molecule has 0 N–H and O–H groups in total. The molecule has 25 heavy (non-hydrogen) atoms. The molecule has 9 heteroatoms. The number of rotatable bonds is 2. The molecule has 132 valence electrons. The monoisotopic (exact) mass is 376 g/mol. The van der Waals surface area contributed by atoms with Crippen molar-refractivity contribution in [2.45, 2.75) is 32.6 Å². The molecule has 0 unspecified atom stereocenters. The van der Waals surface area contributed by atoms with E-state index < -0.39 is 47.0 Å². The van der Waals surface area contributed by atoms with Crippen molar-refractivity contribution in [1.29, 1.82) is 10.5 Å². The van der Waals surface area contributed by atoms with E-state index in [1.165, 1.54) is 17.4 Å². The van der Waals surface area contributed by atoms with Gasteiger partial charge in [0.05, 0.1) is 22.3 Å². The maximum Gasteiger partial charge on any atom is 0.414 e. The Hall–Kier alpha value is -2.26. The van der Waals surface area contributed by atoms with Crippen LogP contribution in [-0.4, -0.2) is 12.4 Å². The summed E-state index contributed by atoms with van der Waals surface area (Å²) in [6.45, 7) is 3.30. The van der Waals surface area contributed by atoms with Gasteiger partial charge < -0.3 is 0 Å². The molecule has 2 nitrogen and oxygen atoms in total. The van der Waals surface area contributed by atoms with Crippen LogP contribution < -0.4 is 0 Å². The Bertz CT molecular complexity index is 807. The van der Waals surface area contributed by atoms with Gasteiger partial charge in [0.2, 0.25) is 0 Å². The minimum Gasteiger partial charge on any atom is -0.192 e. The van der Waals surface area contributed by atoms with Crippen LogP contribution in [0.25, 0.3) is 0 Å². The van der Waals surface area contributed by atoms with Crippen molar-refractivity contribution in [1.82, 2.24) is 0 Å². The Morgan fingerprint density at radius 1 is 0.960 bits per heavy atom. The van der Waals surface area contributed by atoms with E-state index in [4.69, 9.17) is 10.5 Å². The van der Waals surface area contributed by atoms with Crippen LogP contribution in [0.4, 0.5) is 26.3 Å². The third-order valence-electron chi connectivity index (χ3n) is 3.89. The molecule has 0 bridgehead atoms. The van der Waals surface area contributed by atoms with Gasteiger partial charge in [-0.2, -0.15) is 36.9 Å². The number of allylic oxidation sites excluding steroid dienone is 4. The van der Waals surface area contributed by atoms with E-state index in [0.717, 1.165) is 17.0 Å². The maximum atomic E-state index is 13.4. The Labute approximate surface area is 143 Å². The fourth-order valence-corrected chi connectivity index (χ4v) is 3.94. The van der Waals surface area contributed by atoms with Crippen LogP contribution >= 0.6 is 11.3 Å². The van der Waals surface area contributed by atoms with Gasteiger partial charge in [-0.1, -0.05) is 0 Å². The molecule has 0 aromatic carbocycles. The van der Waals surface area contributed by atoms with Crippen molar-refractivity contribution in [2.24, 2.45) is 5.92 Å². The lowest BCUT2D eigenvalue weighted by Crippen LogP contribution is -2.27. The number of thiophene rings is 1. The molecule has 1 aliphatic rings. The smallest absolute Gasteiger partial charge is 0.192 e. The van der Waals surface area contributed by atoms with E-state index in [2.05, 4.69) is 0 Å². The third kappa shape index (κ3) is 3.42. The van der Waals surface area contributed by atoms with Gasteiger partial charge in [-0.25, -0.2) is 0 Å². The average molecular weight is 376 g/mol. The van der Waals surface area contributed by atoms with Crippen LogP contribution in [0.2, 0.25) is 0 Å². The predicted octanol–water partition coefficient (Wildman–Crippen LogP) is 5.30. The third-order valence-corrected chi connectivity index (χ3v) is 4.90. The van der Waals surface area contributed by atoms with Crippen LogP contribution in [0, 0.1) is 42.4 Å². The minimum atomic E-state index is -5.15. The van der Waals surface area contributed by atoms with Gasteiger partial charge >= 0.3 is 12.4 Å². The Morgan fingerprint density at radius 3 is 1.68 bits per heavy atom. The number of hydrogen-bond acceptors (Lipinski definition) is 3. The molecule has 0 aliphatic heterocycles. The lowest BCUT2D eigenvalue weighted by Gasteiger charge is -2.22. The Morgan fingerprint density at radius 2 is 1.40 bits per heavy atom. The molecule has 2 rings (SSSR count). The largest absolute Gasteiger partial charge is 0.414 e. The first-order chi connectivity index (χ1) is 11.4. The summed E-state index contributed by atoms with van der Waals surface area (Å²) >= 11 is 1.26.